The van der Waals surface area contributed by atoms with E-state index in [2.05, 4.69) is 5.10 Å². The van der Waals surface area contributed by atoms with Crippen molar-refractivity contribution in [2.24, 2.45) is 0 Å². The number of carbonyl (C=O) groups excluding carboxylic acids is 1. The van der Waals surface area contributed by atoms with Gasteiger partial charge in [0.15, 0.2) is 0 Å². The molecule has 0 saturated carbocycles. The van der Waals surface area contributed by atoms with Crippen molar-refractivity contribution >= 4 is 5.91 Å². The summed E-state index contributed by atoms with van der Waals surface area (Å²) in [6.45, 7) is 5.06. The van der Waals surface area contributed by atoms with Crippen molar-refractivity contribution < 1.29 is 4.79 Å². The molecular weight excluding hydrogens is 302 g/mol. The van der Waals surface area contributed by atoms with Crippen molar-refractivity contribution in [3.05, 3.63) is 52.8 Å². The highest BCUT2D eigenvalue weighted by Crippen LogP contribution is 2.21. The number of aromatic nitrogens is 2. The van der Waals surface area contributed by atoms with Gasteiger partial charge < -0.3 is 4.90 Å². The number of amides is 1. The van der Waals surface area contributed by atoms with Crippen LogP contribution in [0.1, 0.15) is 33.1 Å². The van der Waals surface area contributed by atoms with Crippen molar-refractivity contribution in [3.8, 4) is 11.3 Å². The lowest BCUT2D eigenvalue weighted by atomic mass is 10.0. The topological polar surface area (TPSA) is 55.2 Å². The summed E-state index contributed by atoms with van der Waals surface area (Å²) in [4.78, 5) is 27.2. The Kier molecular flexibility index (Phi) is 4.51. The third kappa shape index (κ3) is 3.11. The van der Waals surface area contributed by atoms with Gasteiger partial charge in [0.2, 0.25) is 5.91 Å². The molecule has 1 saturated heterocycles. The molecule has 2 heterocycles. The standard InChI is InChI=1S/C19H23N3O2/c1-19(2,18(24)21-13-7-4-8-14-21)22-17(23)12-11-16(20-22)15-9-5-3-6-10-15/h3,5-6,9-12H,4,7-8,13-14H2,1-2H3. The first-order valence-corrected chi connectivity index (χ1v) is 8.46. The van der Waals surface area contributed by atoms with Crippen LogP contribution in [0.2, 0.25) is 0 Å². The van der Waals surface area contributed by atoms with Gasteiger partial charge in [-0.25, -0.2) is 4.68 Å². The average molecular weight is 325 g/mol. The average Bonchev–Trinajstić information content (AvgIpc) is 2.62. The van der Waals surface area contributed by atoms with Gasteiger partial charge in [-0.3, -0.25) is 9.59 Å². The SMILES string of the molecule is CC(C)(C(=O)N1CCCCC1)n1nc(-c2ccccc2)ccc1=O. The van der Waals surface area contributed by atoms with Gasteiger partial charge in [-0.05, 0) is 39.2 Å². The first-order chi connectivity index (χ1) is 11.5. The van der Waals surface area contributed by atoms with Gasteiger partial charge in [0.1, 0.15) is 5.54 Å². The number of rotatable bonds is 3. The molecular formula is C19H23N3O2. The van der Waals surface area contributed by atoms with E-state index in [1.54, 1.807) is 19.9 Å². The molecule has 0 radical (unpaired) electrons. The molecule has 5 heteroatoms. The van der Waals surface area contributed by atoms with E-state index in [4.69, 9.17) is 0 Å². The fourth-order valence-corrected chi connectivity index (χ4v) is 3.15. The van der Waals surface area contributed by atoms with Gasteiger partial charge in [0.25, 0.3) is 5.56 Å². The van der Waals surface area contributed by atoms with Crippen LogP contribution in [0.4, 0.5) is 0 Å². The van der Waals surface area contributed by atoms with Gasteiger partial charge in [-0.1, -0.05) is 30.3 Å². The molecule has 1 aliphatic rings. The lowest BCUT2D eigenvalue weighted by molar-refractivity contribution is -0.140. The molecule has 24 heavy (non-hydrogen) atoms. The minimum Gasteiger partial charge on any atom is -0.341 e. The van der Waals surface area contributed by atoms with Crippen LogP contribution < -0.4 is 5.56 Å². The van der Waals surface area contributed by atoms with Gasteiger partial charge in [0, 0.05) is 24.7 Å². The lowest BCUT2D eigenvalue weighted by Gasteiger charge is -2.34. The Morgan fingerprint density at radius 3 is 2.33 bits per heavy atom. The Balaban J connectivity index is 1.97. The molecule has 0 atom stereocenters. The second-order valence-corrected chi connectivity index (χ2v) is 6.75. The number of carbonyl (C=O) groups is 1. The van der Waals surface area contributed by atoms with Crippen LogP contribution in [0.3, 0.4) is 0 Å². The first-order valence-electron chi connectivity index (χ1n) is 8.46. The molecule has 0 unspecified atom stereocenters. The van der Waals surface area contributed by atoms with Crippen LogP contribution >= 0.6 is 0 Å². The van der Waals surface area contributed by atoms with E-state index in [-0.39, 0.29) is 11.5 Å². The fourth-order valence-electron chi connectivity index (χ4n) is 3.15. The Hall–Kier alpha value is -2.43. The summed E-state index contributed by atoms with van der Waals surface area (Å²) in [5, 5.41) is 4.49. The smallest absolute Gasteiger partial charge is 0.267 e. The molecule has 1 fully saturated rings. The van der Waals surface area contributed by atoms with E-state index < -0.39 is 5.54 Å². The highest BCUT2D eigenvalue weighted by molar-refractivity contribution is 5.83. The maximum Gasteiger partial charge on any atom is 0.267 e. The fraction of sp³-hybridized carbons (Fsp3) is 0.421. The number of hydrogen-bond donors (Lipinski definition) is 0. The Morgan fingerprint density at radius 2 is 1.67 bits per heavy atom. The highest BCUT2D eigenvalue weighted by atomic mass is 16.2. The van der Waals surface area contributed by atoms with Crippen LogP contribution in [0.5, 0.6) is 0 Å². The van der Waals surface area contributed by atoms with E-state index in [9.17, 15) is 9.59 Å². The molecule has 0 bridgehead atoms. The predicted molar refractivity (Wildman–Crippen MR) is 93.7 cm³/mol. The van der Waals surface area contributed by atoms with E-state index in [0.717, 1.165) is 37.9 Å². The number of hydrogen-bond acceptors (Lipinski definition) is 3. The van der Waals surface area contributed by atoms with Crippen molar-refractivity contribution in [3.63, 3.8) is 0 Å². The third-order valence-corrected chi connectivity index (χ3v) is 4.57. The summed E-state index contributed by atoms with van der Waals surface area (Å²) < 4.78 is 1.33. The Bertz CT molecular complexity index is 775. The Morgan fingerprint density at radius 1 is 1.00 bits per heavy atom. The van der Waals surface area contributed by atoms with Crippen LogP contribution in [0.25, 0.3) is 11.3 Å². The van der Waals surface area contributed by atoms with Crippen LogP contribution in [0, 0.1) is 0 Å². The Labute approximate surface area is 141 Å². The van der Waals surface area contributed by atoms with Gasteiger partial charge in [-0.15, -0.1) is 0 Å². The van der Waals surface area contributed by atoms with Gasteiger partial charge in [-0.2, -0.15) is 5.10 Å². The largest absolute Gasteiger partial charge is 0.341 e. The zero-order valence-electron chi connectivity index (χ0n) is 14.2. The summed E-state index contributed by atoms with van der Waals surface area (Å²) in [5.74, 6) is -0.0398. The first kappa shape index (κ1) is 16.4. The summed E-state index contributed by atoms with van der Waals surface area (Å²) in [6, 6.07) is 12.9. The van der Waals surface area contributed by atoms with Crippen molar-refractivity contribution in [2.45, 2.75) is 38.6 Å². The van der Waals surface area contributed by atoms with Crippen molar-refractivity contribution in [1.82, 2.24) is 14.7 Å². The number of piperidine rings is 1. The van der Waals surface area contributed by atoms with Crippen molar-refractivity contribution in [2.75, 3.05) is 13.1 Å². The summed E-state index contributed by atoms with van der Waals surface area (Å²) in [6.07, 6.45) is 3.20. The molecule has 1 aromatic carbocycles. The van der Waals surface area contributed by atoms with Crippen LogP contribution in [-0.2, 0) is 10.3 Å². The molecule has 2 aromatic rings. The molecule has 3 rings (SSSR count). The molecule has 1 aromatic heterocycles. The molecule has 0 N–H and O–H groups in total. The van der Waals surface area contributed by atoms with E-state index in [1.807, 2.05) is 35.2 Å². The van der Waals surface area contributed by atoms with Crippen molar-refractivity contribution in [1.29, 1.82) is 0 Å². The van der Waals surface area contributed by atoms with E-state index in [1.165, 1.54) is 10.7 Å². The van der Waals surface area contributed by atoms with E-state index >= 15 is 0 Å². The van der Waals surface area contributed by atoms with Gasteiger partial charge >= 0.3 is 0 Å². The van der Waals surface area contributed by atoms with E-state index in [0.29, 0.717) is 5.69 Å². The highest BCUT2D eigenvalue weighted by Gasteiger charge is 2.36. The second kappa shape index (κ2) is 6.59. The normalized spacial score (nSPS) is 15.3. The molecule has 1 aliphatic heterocycles. The maximum atomic E-state index is 12.9. The molecule has 1 amide bonds. The third-order valence-electron chi connectivity index (χ3n) is 4.57. The molecule has 5 nitrogen and oxygen atoms in total. The summed E-state index contributed by atoms with van der Waals surface area (Å²) in [5.41, 5.74) is 0.353. The predicted octanol–water partition coefficient (Wildman–Crippen LogP) is 2.66. The zero-order valence-corrected chi connectivity index (χ0v) is 14.2. The minimum absolute atomic E-state index is 0.0398. The zero-order chi connectivity index (χ0) is 17.2. The number of benzene rings is 1. The molecule has 126 valence electrons. The molecule has 0 spiro atoms. The monoisotopic (exact) mass is 325 g/mol. The number of likely N-dealkylation sites (tertiary alicyclic amines) is 1. The quantitative estimate of drug-likeness (QED) is 0.872. The van der Waals surface area contributed by atoms with Crippen LogP contribution in [-0.4, -0.2) is 33.7 Å². The summed E-state index contributed by atoms with van der Waals surface area (Å²) in [7, 11) is 0. The molecule has 0 aliphatic carbocycles. The maximum absolute atomic E-state index is 12.9. The van der Waals surface area contributed by atoms with Gasteiger partial charge in [0.05, 0.1) is 5.69 Å². The summed E-state index contributed by atoms with van der Waals surface area (Å²) >= 11 is 0. The van der Waals surface area contributed by atoms with Crippen LogP contribution in [0.15, 0.2) is 47.3 Å². The second-order valence-electron chi connectivity index (χ2n) is 6.75. The number of nitrogens with zero attached hydrogens (tertiary/aromatic N) is 3. The lowest BCUT2D eigenvalue weighted by Crippen LogP contribution is -2.52. The minimum atomic E-state index is -1.00.